The second-order valence-corrected chi connectivity index (χ2v) is 5.18. The van der Waals surface area contributed by atoms with Crippen molar-refractivity contribution in [3.8, 4) is 11.5 Å². The highest BCUT2D eigenvalue weighted by Crippen LogP contribution is 2.30. The Hall–Kier alpha value is -1.36. The molecule has 0 bridgehead atoms. The van der Waals surface area contributed by atoms with Crippen LogP contribution < -0.4 is 14.8 Å². The second kappa shape index (κ2) is 7.43. The lowest BCUT2D eigenvalue weighted by Gasteiger charge is -2.24. The van der Waals surface area contributed by atoms with Gasteiger partial charge in [0, 0.05) is 12.1 Å². The van der Waals surface area contributed by atoms with Crippen molar-refractivity contribution in [2.75, 3.05) is 6.61 Å². The quantitative estimate of drug-likeness (QED) is 0.785. The Morgan fingerprint density at radius 2 is 1.90 bits per heavy atom. The monoisotopic (exact) mass is 287 g/mol. The number of nitrogens with one attached hydrogen (secondary N) is 1. The van der Waals surface area contributed by atoms with E-state index >= 15 is 0 Å². The number of hydrogen-bond acceptors (Lipinski definition) is 3. The van der Waals surface area contributed by atoms with Crippen LogP contribution in [0.4, 0.5) is 8.78 Å². The molecule has 3 nitrogen and oxygen atoms in total. The normalized spacial score (nSPS) is 11.8. The van der Waals surface area contributed by atoms with E-state index in [0.29, 0.717) is 18.9 Å². The molecule has 0 radical (unpaired) electrons. The Morgan fingerprint density at radius 3 is 2.45 bits per heavy atom. The molecule has 0 atom stereocenters. The van der Waals surface area contributed by atoms with E-state index in [2.05, 4.69) is 30.8 Å². The molecule has 1 aromatic rings. The minimum absolute atomic E-state index is 0.0317. The molecule has 1 N–H and O–H groups in total. The van der Waals surface area contributed by atoms with Crippen LogP contribution in [0.15, 0.2) is 18.2 Å². The van der Waals surface area contributed by atoms with Gasteiger partial charge in [-0.15, -0.1) is 0 Å². The summed E-state index contributed by atoms with van der Waals surface area (Å²) in [6.45, 7) is 6.34. The molecule has 0 fully saturated rings. The van der Waals surface area contributed by atoms with Crippen molar-refractivity contribution in [1.82, 2.24) is 5.32 Å². The van der Waals surface area contributed by atoms with E-state index in [1.165, 1.54) is 6.07 Å². The maximum Gasteiger partial charge on any atom is 0.387 e. The molecule has 0 unspecified atom stereocenters. The summed E-state index contributed by atoms with van der Waals surface area (Å²) in [4.78, 5) is 0. The Bertz CT molecular complexity index is 422. The van der Waals surface area contributed by atoms with E-state index < -0.39 is 6.61 Å². The van der Waals surface area contributed by atoms with Crippen LogP contribution in [-0.2, 0) is 6.54 Å². The van der Waals surface area contributed by atoms with Crippen LogP contribution in [-0.4, -0.2) is 18.8 Å². The fraction of sp³-hybridized carbons (Fsp3) is 0.600. The van der Waals surface area contributed by atoms with E-state index in [0.717, 1.165) is 12.0 Å². The van der Waals surface area contributed by atoms with Gasteiger partial charge in [0.2, 0.25) is 0 Å². The number of benzene rings is 1. The molecule has 1 aromatic carbocycles. The molecule has 1 rings (SSSR count). The molecular weight excluding hydrogens is 264 g/mol. The third-order valence-corrected chi connectivity index (χ3v) is 3.18. The molecule has 0 amide bonds. The molecule has 0 aliphatic rings. The van der Waals surface area contributed by atoms with Gasteiger partial charge in [0.05, 0.1) is 6.61 Å². The van der Waals surface area contributed by atoms with Crippen molar-refractivity contribution >= 4 is 0 Å². The van der Waals surface area contributed by atoms with E-state index in [-0.39, 0.29) is 11.3 Å². The minimum Gasteiger partial charge on any atom is -0.490 e. The number of ether oxygens (including phenoxy) is 2. The van der Waals surface area contributed by atoms with Crippen molar-refractivity contribution in [1.29, 1.82) is 0 Å². The summed E-state index contributed by atoms with van der Waals surface area (Å²) in [6, 6.07) is 5.02. The molecule has 0 aromatic heterocycles. The molecule has 0 spiro atoms. The fourth-order valence-electron chi connectivity index (χ4n) is 1.59. The lowest BCUT2D eigenvalue weighted by molar-refractivity contribution is -0.0514. The Morgan fingerprint density at radius 1 is 1.20 bits per heavy atom. The van der Waals surface area contributed by atoms with Crippen LogP contribution in [0.25, 0.3) is 0 Å². The van der Waals surface area contributed by atoms with Gasteiger partial charge in [-0.2, -0.15) is 8.78 Å². The van der Waals surface area contributed by atoms with Gasteiger partial charge >= 0.3 is 6.61 Å². The maximum absolute atomic E-state index is 12.3. The zero-order valence-electron chi connectivity index (χ0n) is 12.5. The molecule has 5 heteroatoms. The molecule has 0 heterocycles. The average Bonchev–Trinajstić information content (AvgIpc) is 2.39. The standard InChI is InChI=1S/C15H23F2NO2/c1-5-15(3,4)18-10-11-7-8-12(20-14(16)17)13(9-11)19-6-2/h7-9,14,18H,5-6,10H2,1-4H3. The van der Waals surface area contributed by atoms with E-state index in [9.17, 15) is 8.78 Å². The lowest BCUT2D eigenvalue weighted by atomic mass is 10.0. The summed E-state index contributed by atoms with van der Waals surface area (Å²) in [5, 5.41) is 3.41. The second-order valence-electron chi connectivity index (χ2n) is 5.18. The van der Waals surface area contributed by atoms with Gasteiger partial charge in [-0.25, -0.2) is 0 Å². The molecule has 0 saturated heterocycles. The lowest BCUT2D eigenvalue weighted by Crippen LogP contribution is -2.37. The Balaban J connectivity index is 2.81. The van der Waals surface area contributed by atoms with Crippen molar-refractivity contribution in [3.05, 3.63) is 23.8 Å². The molecule has 114 valence electrons. The van der Waals surface area contributed by atoms with Crippen LogP contribution in [0.2, 0.25) is 0 Å². The Labute approximate surface area is 119 Å². The summed E-state index contributed by atoms with van der Waals surface area (Å²) >= 11 is 0. The summed E-state index contributed by atoms with van der Waals surface area (Å²) in [5.74, 6) is 0.418. The highest BCUT2D eigenvalue weighted by molar-refractivity contribution is 5.43. The first-order valence-corrected chi connectivity index (χ1v) is 6.83. The van der Waals surface area contributed by atoms with Crippen LogP contribution in [0.5, 0.6) is 11.5 Å². The van der Waals surface area contributed by atoms with Crippen LogP contribution in [0.1, 0.15) is 39.7 Å². The zero-order chi connectivity index (χ0) is 15.2. The van der Waals surface area contributed by atoms with E-state index in [1.807, 2.05) is 0 Å². The third-order valence-electron chi connectivity index (χ3n) is 3.18. The third kappa shape index (κ3) is 5.33. The highest BCUT2D eigenvalue weighted by atomic mass is 19.3. The summed E-state index contributed by atoms with van der Waals surface area (Å²) < 4.78 is 34.4. The number of rotatable bonds is 8. The van der Waals surface area contributed by atoms with Gasteiger partial charge in [0.25, 0.3) is 0 Å². The number of halogens is 2. The van der Waals surface area contributed by atoms with Gasteiger partial charge in [0.15, 0.2) is 11.5 Å². The SMILES string of the molecule is CCOc1cc(CNC(C)(C)CC)ccc1OC(F)F. The zero-order valence-corrected chi connectivity index (χ0v) is 12.5. The van der Waals surface area contributed by atoms with Gasteiger partial charge < -0.3 is 14.8 Å². The predicted molar refractivity (Wildman–Crippen MR) is 75.5 cm³/mol. The molecule has 0 aliphatic carbocycles. The van der Waals surface area contributed by atoms with E-state index in [4.69, 9.17) is 4.74 Å². The first kappa shape index (κ1) is 16.7. The van der Waals surface area contributed by atoms with Gasteiger partial charge in [-0.3, -0.25) is 0 Å². The van der Waals surface area contributed by atoms with Crippen LogP contribution in [0.3, 0.4) is 0 Å². The van der Waals surface area contributed by atoms with Crippen LogP contribution >= 0.6 is 0 Å². The van der Waals surface area contributed by atoms with Crippen molar-refractivity contribution < 1.29 is 18.3 Å². The first-order valence-electron chi connectivity index (χ1n) is 6.83. The largest absolute Gasteiger partial charge is 0.490 e. The average molecular weight is 287 g/mol. The van der Waals surface area contributed by atoms with Crippen molar-refractivity contribution in [3.63, 3.8) is 0 Å². The van der Waals surface area contributed by atoms with E-state index in [1.54, 1.807) is 19.1 Å². The fourth-order valence-corrected chi connectivity index (χ4v) is 1.59. The highest BCUT2D eigenvalue weighted by Gasteiger charge is 2.15. The summed E-state index contributed by atoms with van der Waals surface area (Å²) in [5.41, 5.74) is 1.00. The molecular formula is C15H23F2NO2. The maximum atomic E-state index is 12.3. The minimum atomic E-state index is -2.85. The number of hydrogen-bond donors (Lipinski definition) is 1. The van der Waals surface area contributed by atoms with Crippen molar-refractivity contribution in [2.45, 2.75) is 52.8 Å². The summed E-state index contributed by atoms with van der Waals surface area (Å²) in [6.07, 6.45) is 0.998. The molecule has 0 saturated carbocycles. The van der Waals surface area contributed by atoms with Gasteiger partial charge in [0.1, 0.15) is 0 Å². The Kier molecular flexibility index (Phi) is 6.20. The van der Waals surface area contributed by atoms with Gasteiger partial charge in [-0.1, -0.05) is 13.0 Å². The summed E-state index contributed by atoms with van der Waals surface area (Å²) in [7, 11) is 0. The topological polar surface area (TPSA) is 30.5 Å². The first-order chi connectivity index (χ1) is 9.38. The smallest absolute Gasteiger partial charge is 0.387 e. The molecule has 20 heavy (non-hydrogen) atoms. The molecule has 0 aliphatic heterocycles. The number of alkyl halides is 2. The van der Waals surface area contributed by atoms with Gasteiger partial charge in [-0.05, 0) is 44.9 Å². The predicted octanol–water partition coefficient (Wildman–Crippen LogP) is 3.96. The van der Waals surface area contributed by atoms with Crippen LogP contribution in [0, 0.1) is 0 Å². The van der Waals surface area contributed by atoms with Crippen molar-refractivity contribution in [2.24, 2.45) is 0 Å².